The molecule has 1 aromatic carbocycles. The fourth-order valence-electron chi connectivity index (χ4n) is 4.16. The maximum Gasteiger partial charge on any atom is -0.00256 e. The number of benzene rings is 1. The molecule has 1 unspecified atom stereocenters. The average Bonchev–Trinajstić information content (AvgIpc) is 2.76. The Kier molecular flexibility index (Phi) is 5.15. The highest BCUT2D eigenvalue weighted by Crippen LogP contribution is 2.53. The lowest BCUT2D eigenvalue weighted by Gasteiger charge is -2.31. The van der Waals surface area contributed by atoms with Crippen LogP contribution in [0, 0.1) is 5.92 Å². The van der Waals surface area contributed by atoms with E-state index in [0.29, 0.717) is 5.92 Å². The first-order valence-corrected chi connectivity index (χ1v) is 9.96. The van der Waals surface area contributed by atoms with Crippen molar-refractivity contribution in [2.45, 2.75) is 58.3 Å². The van der Waals surface area contributed by atoms with Crippen LogP contribution in [0.5, 0.6) is 0 Å². The molecule has 3 rings (SSSR count). The van der Waals surface area contributed by atoms with Crippen LogP contribution >= 0.6 is 22.6 Å². The Hall–Kier alpha value is -0.830. The lowest BCUT2D eigenvalue weighted by molar-refractivity contribution is 0.404. The molecule has 0 aliphatic heterocycles. The van der Waals surface area contributed by atoms with Gasteiger partial charge in [-0.05, 0) is 86.3 Å². The highest BCUT2D eigenvalue weighted by atomic mass is 127. The highest BCUT2D eigenvalue weighted by molar-refractivity contribution is 14.1. The van der Waals surface area contributed by atoms with E-state index in [9.17, 15) is 0 Å². The van der Waals surface area contributed by atoms with Crippen molar-refractivity contribution in [1.82, 2.24) is 0 Å². The maximum absolute atomic E-state index is 2.50. The molecular weight excluding hydrogens is 391 g/mol. The minimum atomic E-state index is 0.262. The van der Waals surface area contributed by atoms with E-state index in [4.69, 9.17) is 0 Å². The van der Waals surface area contributed by atoms with Gasteiger partial charge >= 0.3 is 0 Å². The standard InChI is InChI=1S/C22H27I/c1-4-8-17(23)10-7-9-16-13-14-19-18-11-5-6-12-20(18)22(2,3)21(19)15-16/h5-6,8,11-14,21H,4,7,9-10,15H2,1-3H3/b17-8+. The van der Waals surface area contributed by atoms with Crippen molar-refractivity contribution in [1.29, 1.82) is 0 Å². The number of hydrogen-bond acceptors (Lipinski definition) is 0. The van der Waals surface area contributed by atoms with E-state index in [0.717, 1.165) is 6.42 Å². The van der Waals surface area contributed by atoms with E-state index in [2.05, 4.69) is 85.9 Å². The van der Waals surface area contributed by atoms with Crippen molar-refractivity contribution in [3.63, 3.8) is 0 Å². The van der Waals surface area contributed by atoms with Crippen molar-refractivity contribution in [2.24, 2.45) is 5.92 Å². The van der Waals surface area contributed by atoms with E-state index in [1.165, 1.54) is 40.4 Å². The number of rotatable bonds is 5. The third-order valence-electron chi connectivity index (χ3n) is 5.48. The molecule has 0 radical (unpaired) electrons. The molecule has 23 heavy (non-hydrogen) atoms. The molecule has 0 saturated carbocycles. The van der Waals surface area contributed by atoms with Crippen LogP contribution in [0.1, 0.15) is 64.0 Å². The second kappa shape index (κ2) is 6.96. The van der Waals surface area contributed by atoms with Crippen LogP contribution in [-0.4, -0.2) is 0 Å². The van der Waals surface area contributed by atoms with Gasteiger partial charge in [0.1, 0.15) is 0 Å². The minimum Gasteiger partial charge on any atom is -0.0755 e. The van der Waals surface area contributed by atoms with Crippen LogP contribution in [0.3, 0.4) is 0 Å². The predicted molar refractivity (Wildman–Crippen MR) is 110 cm³/mol. The lowest BCUT2D eigenvalue weighted by atomic mass is 9.72. The highest BCUT2D eigenvalue weighted by Gasteiger charge is 2.43. The van der Waals surface area contributed by atoms with Gasteiger partial charge in [0.25, 0.3) is 0 Å². The van der Waals surface area contributed by atoms with E-state index in [1.54, 1.807) is 11.1 Å². The summed E-state index contributed by atoms with van der Waals surface area (Å²) in [5.41, 5.74) is 6.48. The van der Waals surface area contributed by atoms with Crippen molar-refractivity contribution in [3.8, 4) is 0 Å². The Morgan fingerprint density at radius 2 is 2.04 bits per heavy atom. The Bertz CT molecular complexity index is 673. The first-order chi connectivity index (χ1) is 11.0. The van der Waals surface area contributed by atoms with Crippen molar-refractivity contribution in [2.75, 3.05) is 0 Å². The molecule has 122 valence electrons. The van der Waals surface area contributed by atoms with Crippen LogP contribution in [-0.2, 0) is 5.41 Å². The number of allylic oxidation sites excluding steroid dienone is 6. The molecule has 0 aromatic heterocycles. The minimum absolute atomic E-state index is 0.262. The predicted octanol–water partition coefficient (Wildman–Crippen LogP) is 7.21. The van der Waals surface area contributed by atoms with Crippen LogP contribution in [0.2, 0.25) is 0 Å². The van der Waals surface area contributed by atoms with Crippen molar-refractivity contribution in [3.05, 3.63) is 62.8 Å². The SMILES string of the molecule is CC/C=C(/I)CCCC1=CC=C2c3ccccc3C(C)(C)C2C1. The molecule has 2 aliphatic rings. The molecule has 0 saturated heterocycles. The van der Waals surface area contributed by atoms with Gasteiger partial charge in [0, 0.05) is 0 Å². The van der Waals surface area contributed by atoms with E-state index in [-0.39, 0.29) is 5.41 Å². The summed E-state index contributed by atoms with van der Waals surface area (Å²) in [6.45, 7) is 7.06. The first-order valence-electron chi connectivity index (χ1n) is 8.88. The summed E-state index contributed by atoms with van der Waals surface area (Å²) in [5, 5.41) is 0. The van der Waals surface area contributed by atoms with Gasteiger partial charge in [-0.15, -0.1) is 0 Å². The molecule has 1 aromatic rings. The van der Waals surface area contributed by atoms with Gasteiger partial charge in [-0.25, -0.2) is 0 Å². The Morgan fingerprint density at radius 1 is 1.26 bits per heavy atom. The molecule has 0 spiro atoms. The summed E-state index contributed by atoms with van der Waals surface area (Å²) in [4.78, 5) is 0. The Labute approximate surface area is 154 Å². The van der Waals surface area contributed by atoms with E-state index >= 15 is 0 Å². The quantitative estimate of drug-likeness (QED) is 0.444. The maximum atomic E-state index is 2.50. The van der Waals surface area contributed by atoms with Crippen LogP contribution < -0.4 is 0 Å². The zero-order chi connectivity index (χ0) is 16.4. The summed E-state index contributed by atoms with van der Waals surface area (Å²) in [6, 6.07) is 9.00. The summed E-state index contributed by atoms with van der Waals surface area (Å²) in [5.74, 6) is 0.658. The Morgan fingerprint density at radius 3 is 2.83 bits per heavy atom. The largest absolute Gasteiger partial charge is 0.0755 e. The van der Waals surface area contributed by atoms with Crippen LogP contribution in [0.25, 0.3) is 5.57 Å². The van der Waals surface area contributed by atoms with Gasteiger partial charge in [-0.2, -0.15) is 0 Å². The molecule has 2 aliphatic carbocycles. The van der Waals surface area contributed by atoms with Crippen LogP contribution in [0.4, 0.5) is 0 Å². The van der Waals surface area contributed by atoms with Gasteiger partial charge in [0.2, 0.25) is 0 Å². The summed E-state index contributed by atoms with van der Waals surface area (Å²) in [6.07, 6.45) is 13.3. The molecule has 1 atom stereocenters. The van der Waals surface area contributed by atoms with E-state index in [1.807, 2.05) is 0 Å². The smallest absolute Gasteiger partial charge is 0.00256 e. The van der Waals surface area contributed by atoms with Gasteiger partial charge in [-0.3, -0.25) is 0 Å². The zero-order valence-electron chi connectivity index (χ0n) is 14.5. The topological polar surface area (TPSA) is 0 Å². The molecule has 0 N–H and O–H groups in total. The van der Waals surface area contributed by atoms with Gasteiger partial charge in [0.05, 0.1) is 0 Å². The van der Waals surface area contributed by atoms with Gasteiger partial charge in [0.15, 0.2) is 0 Å². The van der Waals surface area contributed by atoms with Crippen molar-refractivity contribution >= 4 is 28.2 Å². The molecule has 0 heterocycles. The second-order valence-electron chi connectivity index (χ2n) is 7.38. The summed E-state index contributed by atoms with van der Waals surface area (Å²) >= 11 is 2.50. The number of halogens is 1. The summed E-state index contributed by atoms with van der Waals surface area (Å²) in [7, 11) is 0. The van der Waals surface area contributed by atoms with Gasteiger partial charge < -0.3 is 0 Å². The average molecular weight is 418 g/mol. The molecule has 0 amide bonds. The van der Waals surface area contributed by atoms with Crippen molar-refractivity contribution < 1.29 is 0 Å². The molecule has 0 fully saturated rings. The second-order valence-corrected chi connectivity index (χ2v) is 8.77. The normalized spacial score (nSPS) is 22.3. The fraction of sp³-hybridized carbons (Fsp3) is 0.455. The van der Waals surface area contributed by atoms with Crippen LogP contribution in [0.15, 0.2) is 51.6 Å². The summed E-state index contributed by atoms with van der Waals surface area (Å²) < 4.78 is 1.52. The van der Waals surface area contributed by atoms with Gasteiger partial charge in [-0.1, -0.05) is 68.8 Å². The molecular formula is C22H27I. The van der Waals surface area contributed by atoms with E-state index < -0.39 is 0 Å². The number of hydrogen-bond donors (Lipinski definition) is 0. The number of fused-ring (bicyclic) bond motifs is 3. The zero-order valence-corrected chi connectivity index (χ0v) is 16.7. The molecule has 0 bridgehead atoms. The Balaban J connectivity index is 1.73. The third-order valence-corrected chi connectivity index (χ3v) is 6.46. The molecule has 0 nitrogen and oxygen atoms in total. The fourth-order valence-corrected chi connectivity index (χ4v) is 4.98. The first kappa shape index (κ1) is 17.0. The monoisotopic (exact) mass is 418 g/mol. The third kappa shape index (κ3) is 3.35. The lowest BCUT2D eigenvalue weighted by Crippen LogP contribution is -2.25. The molecule has 1 heteroatoms.